The molecule has 1 amide bonds. The fourth-order valence-electron chi connectivity index (χ4n) is 2.45. The van der Waals surface area contributed by atoms with Crippen LogP contribution in [0.5, 0.6) is 0 Å². The molecule has 5 nitrogen and oxygen atoms in total. The van der Waals surface area contributed by atoms with Crippen LogP contribution in [0.1, 0.15) is 50.8 Å². The Morgan fingerprint density at radius 3 is 2.30 bits per heavy atom. The lowest BCUT2D eigenvalue weighted by molar-refractivity contribution is -0.137. The van der Waals surface area contributed by atoms with Crippen LogP contribution in [0, 0.1) is 5.92 Å². The van der Waals surface area contributed by atoms with Crippen molar-refractivity contribution in [1.29, 1.82) is 0 Å². The lowest BCUT2D eigenvalue weighted by Gasteiger charge is -2.23. The van der Waals surface area contributed by atoms with Crippen LogP contribution >= 0.6 is 0 Å². The van der Waals surface area contributed by atoms with Crippen LogP contribution in [-0.4, -0.2) is 30.1 Å². The van der Waals surface area contributed by atoms with E-state index < -0.39 is 5.97 Å². The maximum absolute atomic E-state index is 11.6. The van der Waals surface area contributed by atoms with Crippen LogP contribution in [0.15, 0.2) is 24.3 Å². The van der Waals surface area contributed by atoms with Gasteiger partial charge in [-0.2, -0.15) is 0 Å². The highest BCUT2D eigenvalue weighted by Gasteiger charge is 2.16. The smallest absolute Gasteiger partial charge is 0.322 e. The van der Waals surface area contributed by atoms with Crippen molar-refractivity contribution in [2.45, 2.75) is 46.1 Å². The molecular weight excluding hydrogens is 292 g/mol. The molecule has 5 heteroatoms. The molecule has 0 fully saturated rings. The molecule has 23 heavy (non-hydrogen) atoms. The van der Waals surface area contributed by atoms with Gasteiger partial charge in [-0.3, -0.25) is 9.59 Å². The molecule has 0 aliphatic carbocycles. The summed E-state index contributed by atoms with van der Waals surface area (Å²) in [5, 5.41) is 14.1. The number of carboxylic acids is 1. The summed E-state index contributed by atoms with van der Waals surface area (Å²) in [4.78, 5) is 22.1. The number of carbonyl (C=O) groups excluding carboxylic acids is 1. The topological polar surface area (TPSA) is 78.4 Å². The molecule has 128 valence electrons. The maximum atomic E-state index is 11.6. The molecule has 1 aromatic carbocycles. The van der Waals surface area contributed by atoms with Crippen LogP contribution in [-0.2, 0) is 16.0 Å². The lowest BCUT2D eigenvalue weighted by Crippen LogP contribution is -2.39. The van der Waals surface area contributed by atoms with Gasteiger partial charge in [0.1, 0.15) is 6.54 Å². The van der Waals surface area contributed by atoms with E-state index in [2.05, 4.69) is 55.7 Å². The molecule has 0 bridgehead atoms. The second-order valence-electron chi connectivity index (χ2n) is 6.12. The van der Waals surface area contributed by atoms with E-state index in [-0.39, 0.29) is 25.0 Å². The Labute approximate surface area is 138 Å². The van der Waals surface area contributed by atoms with E-state index >= 15 is 0 Å². The molecule has 1 unspecified atom stereocenters. The number of benzene rings is 1. The number of hydrogen-bond donors (Lipinski definition) is 3. The molecule has 0 aromatic heterocycles. The monoisotopic (exact) mass is 320 g/mol. The summed E-state index contributed by atoms with van der Waals surface area (Å²) in [6.45, 7) is 6.13. The fourth-order valence-corrected chi connectivity index (χ4v) is 2.45. The number of carbonyl (C=O) groups is 2. The number of unbranched alkanes of at least 4 members (excludes halogenated alkanes) is 1. The van der Waals surface area contributed by atoms with Crippen molar-refractivity contribution in [3.8, 4) is 0 Å². The highest BCUT2D eigenvalue weighted by molar-refractivity contribution is 5.82. The number of aryl methyl sites for hydroxylation is 1. The summed E-state index contributed by atoms with van der Waals surface area (Å²) in [5.41, 5.74) is 2.48. The average molecular weight is 320 g/mol. The zero-order valence-corrected chi connectivity index (χ0v) is 14.3. The van der Waals surface area contributed by atoms with E-state index in [1.54, 1.807) is 0 Å². The highest BCUT2D eigenvalue weighted by Crippen LogP contribution is 2.22. The van der Waals surface area contributed by atoms with Gasteiger partial charge in [-0.25, -0.2) is 0 Å². The van der Waals surface area contributed by atoms with Gasteiger partial charge >= 0.3 is 5.97 Å². The first-order valence-electron chi connectivity index (χ1n) is 8.24. The Morgan fingerprint density at radius 2 is 1.78 bits per heavy atom. The third-order valence-electron chi connectivity index (χ3n) is 3.74. The van der Waals surface area contributed by atoms with Gasteiger partial charge in [-0.15, -0.1) is 0 Å². The molecule has 0 radical (unpaired) electrons. The average Bonchev–Trinajstić information content (AvgIpc) is 2.52. The van der Waals surface area contributed by atoms with E-state index in [0.29, 0.717) is 5.92 Å². The molecule has 0 heterocycles. The van der Waals surface area contributed by atoms with Gasteiger partial charge in [0.15, 0.2) is 0 Å². The van der Waals surface area contributed by atoms with Crippen molar-refractivity contribution < 1.29 is 14.7 Å². The molecule has 1 atom stereocenters. The molecule has 0 saturated carbocycles. The predicted molar refractivity (Wildman–Crippen MR) is 91.3 cm³/mol. The zero-order chi connectivity index (χ0) is 17.2. The van der Waals surface area contributed by atoms with E-state index in [0.717, 1.165) is 12.0 Å². The Bertz CT molecular complexity index is 497. The van der Waals surface area contributed by atoms with E-state index in [1.165, 1.54) is 18.4 Å². The molecule has 0 aliphatic rings. The molecule has 1 rings (SSSR count). The predicted octanol–water partition coefficient (Wildman–Crippen LogP) is 2.52. The van der Waals surface area contributed by atoms with Crippen molar-refractivity contribution in [2.75, 3.05) is 13.1 Å². The zero-order valence-electron chi connectivity index (χ0n) is 14.3. The molecule has 3 N–H and O–H groups in total. The molecule has 0 saturated heterocycles. The quantitative estimate of drug-likeness (QED) is 0.619. The van der Waals surface area contributed by atoms with Crippen LogP contribution in [0.3, 0.4) is 0 Å². The third-order valence-corrected chi connectivity index (χ3v) is 3.74. The largest absolute Gasteiger partial charge is 0.480 e. The SMILES string of the molecule is CCCCc1ccc(C(NCC(=O)NCC(=O)O)C(C)C)cc1. The first kappa shape index (κ1) is 19.2. The number of aliphatic carboxylic acids is 1. The second-order valence-corrected chi connectivity index (χ2v) is 6.12. The molecule has 1 aromatic rings. The summed E-state index contributed by atoms with van der Waals surface area (Å²) >= 11 is 0. The number of carboxylic acid groups (broad SMARTS) is 1. The lowest BCUT2D eigenvalue weighted by atomic mass is 9.94. The minimum atomic E-state index is -1.04. The molecule has 0 aliphatic heterocycles. The normalized spacial score (nSPS) is 12.2. The Morgan fingerprint density at radius 1 is 1.13 bits per heavy atom. The van der Waals surface area contributed by atoms with Crippen LogP contribution in [0.25, 0.3) is 0 Å². The minimum absolute atomic E-state index is 0.0609. The highest BCUT2D eigenvalue weighted by atomic mass is 16.4. The first-order chi connectivity index (χ1) is 10.9. The van der Waals surface area contributed by atoms with Gasteiger partial charge in [0.05, 0.1) is 6.54 Å². The van der Waals surface area contributed by atoms with Crippen molar-refractivity contribution in [3.63, 3.8) is 0 Å². The van der Waals surface area contributed by atoms with Gasteiger partial charge in [-0.1, -0.05) is 51.5 Å². The summed E-state index contributed by atoms with van der Waals surface area (Å²) < 4.78 is 0. The van der Waals surface area contributed by atoms with Crippen molar-refractivity contribution >= 4 is 11.9 Å². The van der Waals surface area contributed by atoms with Crippen molar-refractivity contribution in [1.82, 2.24) is 10.6 Å². The Hall–Kier alpha value is -1.88. The third kappa shape index (κ3) is 7.28. The van der Waals surface area contributed by atoms with Gasteiger partial charge in [0.2, 0.25) is 5.91 Å². The van der Waals surface area contributed by atoms with Gasteiger partial charge in [-0.05, 0) is 29.9 Å². The van der Waals surface area contributed by atoms with E-state index in [1.807, 2.05) is 0 Å². The summed E-state index contributed by atoms with van der Waals surface area (Å²) in [6.07, 6.45) is 3.46. The number of nitrogens with one attached hydrogen (secondary N) is 2. The van der Waals surface area contributed by atoms with Crippen LogP contribution < -0.4 is 10.6 Å². The molecule has 0 spiro atoms. The fraction of sp³-hybridized carbons (Fsp3) is 0.556. The van der Waals surface area contributed by atoms with Gasteiger partial charge < -0.3 is 15.7 Å². The summed E-state index contributed by atoms with van der Waals surface area (Å²) in [7, 11) is 0. The minimum Gasteiger partial charge on any atom is -0.480 e. The van der Waals surface area contributed by atoms with Crippen molar-refractivity contribution in [2.24, 2.45) is 5.92 Å². The number of hydrogen-bond acceptors (Lipinski definition) is 3. The van der Waals surface area contributed by atoms with Crippen LogP contribution in [0.2, 0.25) is 0 Å². The summed E-state index contributed by atoms with van der Waals surface area (Å²) in [6, 6.07) is 8.57. The first-order valence-corrected chi connectivity index (χ1v) is 8.24. The maximum Gasteiger partial charge on any atom is 0.322 e. The van der Waals surface area contributed by atoms with Crippen molar-refractivity contribution in [3.05, 3.63) is 35.4 Å². The van der Waals surface area contributed by atoms with Gasteiger partial charge in [0, 0.05) is 6.04 Å². The van der Waals surface area contributed by atoms with E-state index in [9.17, 15) is 9.59 Å². The Balaban J connectivity index is 2.60. The number of rotatable bonds is 10. The van der Waals surface area contributed by atoms with Crippen LogP contribution in [0.4, 0.5) is 0 Å². The standard InChI is InChI=1S/C18H28N2O3/c1-4-5-6-14-7-9-15(10-8-14)18(13(2)3)20-11-16(21)19-12-17(22)23/h7-10,13,18,20H,4-6,11-12H2,1-3H3,(H,19,21)(H,22,23). The molecular formula is C18H28N2O3. The summed E-state index contributed by atoms with van der Waals surface area (Å²) in [5.74, 6) is -1.03. The Kier molecular flexibility index (Phi) is 8.33. The van der Waals surface area contributed by atoms with E-state index in [4.69, 9.17) is 5.11 Å². The van der Waals surface area contributed by atoms with Gasteiger partial charge in [0.25, 0.3) is 0 Å². The second kappa shape index (κ2) is 10.0. The number of amides is 1.